The second-order valence-electron chi connectivity index (χ2n) is 3.65. The molecule has 1 aromatic heterocycles. The van der Waals surface area contributed by atoms with Gasteiger partial charge in [0.1, 0.15) is 0 Å². The highest BCUT2D eigenvalue weighted by Gasteiger charge is 2.20. The minimum absolute atomic E-state index is 0.110. The van der Waals surface area contributed by atoms with Crippen LogP contribution in [0.5, 0.6) is 0 Å². The van der Waals surface area contributed by atoms with Gasteiger partial charge in [0.25, 0.3) is 0 Å². The standard InChI is InChI=1S/C10H14BrNOS/c11-9-6-14-5-8(9)10(12)4-7-2-1-3-13-7/h5-7,10H,1-4,12H2. The summed E-state index contributed by atoms with van der Waals surface area (Å²) in [4.78, 5) is 0. The van der Waals surface area contributed by atoms with Gasteiger partial charge in [-0.2, -0.15) is 11.3 Å². The van der Waals surface area contributed by atoms with E-state index in [2.05, 4.69) is 26.7 Å². The lowest BCUT2D eigenvalue weighted by Crippen LogP contribution is -2.18. The summed E-state index contributed by atoms with van der Waals surface area (Å²) in [7, 11) is 0. The Morgan fingerprint density at radius 2 is 2.50 bits per heavy atom. The van der Waals surface area contributed by atoms with Crippen LogP contribution in [0.1, 0.15) is 30.9 Å². The first kappa shape index (κ1) is 10.6. The largest absolute Gasteiger partial charge is 0.378 e. The van der Waals surface area contributed by atoms with Gasteiger partial charge in [0.15, 0.2) is 0 Å². The molecular weight excluding hydrogens is 262 g/mol. The predicted octanol–water partition coefficient (Wildman–Crippen LogP) is 3.08. The van der Waals surface area contributed by atoms with Crippen LogP contribution in [0.15, 0.2) is 15.2 Å². The number of nitrogens with two attached hydrogens (primary N) is 1. The van der Waals surface area contributed by atoms with Gasteiger partial charge in [0.05, 0.1) is 6.10 Å². The summed E-state index contributed by atoms with van der Waals surface area (Å²) < 4.78 is 6.70. The van der Waals surface area contributed by atoms with Gasteiger partial charge < -0.3 is 10.5 Å². The fourth-order valence-corrected chi connectivity index (χ4v) is 3.45. The molecule has 0 saturated carbocycles. The van der Waals surface area contributed by atoms with Crippen molar-refractivity contribution in [3.8, 4) is 0 Å². The maximum absolute atomic E-state index is 6.12. The molecule has 0 amide bonds. The molecule has 2 unspecified atom stereocenters. The van der Waals surface area contributed by atoms with Crippen LogP contribution in [0.25, 0.3) is 0 Å². The lowest BCUT2D eigenvalue weighted by Gasteiger charge is -2.15. The SMILES string of the molecule is NC(CC1CCCO1)c1cscc1Br. The van der Waals surface area contributed by atoms with Crippen molar-refractivity contribution in [2.24, 2.45) is 5.73 Å². The van der Waals surface area contributed by atoms with Crippen LogP contribution in [-0.2, 0) is 4.74 Å². The van der Waals surface area contributed by atoms with E-state index in [-0.39, 0.29) is 6.04 Å². The summed E-state index contributed by atoms with van der Waals surface area (Å²) in [6, 6.07) is 0.110. The molecule has 2 heterocycles. The van der Waals surface area contributed by atoms with Gasteiger partial charge in [0, 0.05) is 22.5 Å². The Bertz CT molecular complexity index is 296. The van der Waals surface area contributed by atoms with Crippen molar-refractivity contribution in [2.45, 2.75) is 31.4 Å². The number of rotatable bonds is 3. The first-order chi connectivity index (χ1) is 6.77. The quantitative estimate of drug-likeness (QED) is 0.920. The molecule has 1 aliphatic heterocycles. The van der Waals surface area contributed by atoms with Gasteiger partial charge in [-0.25, -0.2) is 0 Å². The van der Waals surface area contributed by atoms with Crippen molar-refractivity contribution < 1.29 is 4.74 Å². The summed E-state index contributed by atoms with van der Waals surface area (Å²) >= 11 is 5.19. The Morgan fingerprint density at radius 1 is 1.64 bits per heavy atom. The molecule has 78 valence electrons. The summed E-state index contributed by atoms with van der Waals surface area (Å²) in [6.07, 6.45) is 3.66. The van der Waals surface area contributed by atoms with E-state index in [0.29, 0.717) is 6.10 Å². The first-order valence-electron chi connectivity index (χ1n) is 4.86. The third kappa shape index (κ3) is 2.37. The average Bonchev–Trinajstić information content (AvgIpc) is 2.75. The number of thiophene rings is 1. The lowest BCUT2D eigenvalue weighted by atomic mass is 10.0. The fraction of sp³-hybridized carbons (Fsp3) is 0.600. The molecule has 2 N–H and O–H groups in total. The zero-order valence-corrected chi connectivity index (χ0v) is 10.3. The number of halogens is 1. The first-order valence-corrected chi connectivity index (χ1v) is 6.59. The van der Waals surface area contributed by atoms with E-state index in [1.807, 2.05) is 0 Å². The maximum Gasteiger partial charge on any atom is 0.0594 e. The Hall–Kier alpha value is 0.100. The average molecular weight is 276 g/mol. The van der Waals surface area contributed by atoms with Crippen molar-refractivity contribution in [3.05, 3.63) is 20.8 Å². The minimum atomic E-state index is 0.110. The van der Waals surface area contributed by atoms with Gasteiger partial charge in [-0.3, -0.25) is 0 Å². The second-order valence-corrected chi connectivity index (χ2v) is 5.25. The molecule has 2 rings (SSSR count). The molecule has 14 heavy (non-hydrogen) atoms. The van der Waals surface area contributed by atoms with E-state index < -0.39 is 0 Å². The molecule has 0 spiro atoms. The van der Waals surface area contributed by atoms with Gasteiger partial charge in [-0.05, 0) is 46.1 Å². The summed E-state index contributed by atoms with van der Waals surface area (Å²) in [5.41, 5.74) is 7.33. The molecule has 0 aliphatic carbocycles. The molecule has 0 bridgehead atoms. The van der Waals surface area contributed by atoms with E-state index in [4.69, 9.17) is 10.5 Å². The highest BCUT2D eigenvalue weighted by Crippen LogP contribution is 2.30. The molecule has 1 aromatic rings. The Balaban J connectivity index is 1.95. The van der Waals surface area contributed by atoms with Crippen LogP contribution in [0.4, 0.5) is 0 Å². The highest BCUT2D eigenvalue weighted by atomic mass is 79.9. The molecule has 2 nitrogen and oxygen atoms in total. The Morgan fingerprint density at radius 3 is 3.07 bits per heavy atom. The van der Waals surface area contributed by atoms with Crippen molar-refractivity contribution in [1.82, 2.24) is 0 Å². The highest BCUT2D eigenvalue weighted by molar-refractivity contribution is 9.10. The van der Waals surface area contributed by atoms with E-state index in [1.54, 1.807) is 11.3 Å². The van der Waals surface area contributed by atoms with Gasteiger partial charge in [0.2, 0.25) is 0 Å². The third-order valence-corrected chi connectivity index (χ3v) is 4.33. The number of hydrogen-bond donors (Lipinski definition) is 1. The number of ether oxygens (including phenoxy) is 1. The fourth-order valence-electron chi connectivity index (χ4n) is 1.80. The Kier molecular flexibility index (Phi) is 3.60. The summed E-state index contributed by atoms with van der Waals surface area (Å²) in [5, 5.41) is 4.19. The van der Waals surface area contributed by atoms with Gasteiger partial charge in [-0.15, -0.1) is 0 Å². The van der Waals surface area contributed by atoms with Crippen molar-refractivity contribution >= 4 is 27.3 Å². The molecule has 2 atom stereocenters. The molecule has 0 aromatic carbocycles. The van der Waals surface area contributed by atoms with Gasteiger partial charge in [-0.1, -0.05) is 0 Å². The monoisotopic (exact) mass is 275 g/mol. The topological polar surface area (TPSA) is 35.2 Å². The normalized spacial score (nSPS) is 24.0. The van der Waals surface area contributed by atoms with Crippen molar-refractivity contribution in [2.75, 3.05) is 6.61 Å². The minimum Gasteiger partial charge on any atom is -0.378 e. The van der Waals surface area contributed by atoms with Crippen LogP contribution in [0.2, 0.25) is 0 Å². The third-order valence-electron chi connectivity index (χ3n) is 2.58. The van der Waals surface area contributed by atoms with E-state index >= 15 is 0 Å². The van der Waals surface area contributed by atoms with Crippen molar-refractivity contribution in [1.29, 1.82) is 0 Å². The van der Waals surface area contributed by atoms with E-state index in [1.165, 1.54) is 12.0 Å². The molecule has 1 aliphatic rings. The van der Waals surface area contributed by atoms with E-state index in [9.17, 15) is 0 Å². The molecule has 1 saturated heterocycles. The molecule has 0 radical (unpaired) electrons. The zero-order chi connectivity index (χ0) is 9.97. The van der Waals surface area contributed by atoms with Crippen molar-refractivity contribution in [3.63, 3.8) is 0 Å². The smallest absolute Gasteiger partial charge is 0.0594 e. The van der Waals surface area contributed by atoms with E-state index in [0.717, 1.165) is 23.9 Å². The number of hydrogen-bond acceptors (Lipinski definition) is 3. The zero-order valence-electron chi connectivity index (χ0n) is 7.91. The second kappa shape index (κ2) is 4.75. The molecule has 1 fully saturated rings. The van der Waals surface area contributed by atoms with Gasteiger partial charge >= 0.3 is 0 Å². The van der Waals surface area contributed by atoms with Crippen LogP contribution >= 0.6 is 27.3 Å². The predicted molar refractivity (Wildman–Crippen MR) is 62.5 cm³/mol. The summed E-state index contributed by atoms with van der Waals surface area (Å²) in [5.74, 6) is 0. The van der Waals surface area contributed by atoms with Crippen LogP contribution in [0, 0.1) is 0 Å². The maximum atomic E-state index is 6.12. The molecular formula is C10H14BrNOS. The van der Waals surface area contributed by atoms with Crippen LogP contribution < -0.4 is 5.73 Å². The molecule has 4 heteroatoms. The summed E-state index contributed by atoms with van der Waals surface area (Å²) in [6.45, 7) is 0.905. The van der Waals surface area contributed by atoms with Crippen LogP contribution in [0.3, 0.4) is 0 Å². The lowest BCUT2D eigenvalue weighted by molar-refractivity contribution is 0.0983. The van der Waals surface area contributed by atoms with Crippen LogP contribution in [-0.4, -0.2) is 12.7 Å². The Labute approximate surface area is 96.6 Å².